The van der Waals surface area contributed by atoms with E-state index in [-0.39, 0.29) is 5.69 Å². The van der Waals surface area contributed by atoms with Crippen LogP contribution in [-0.4, -0.2) is 22.8 Å². The minimum absolute atomic E-state index is 0.167. The summed E-state index contributed by atoms with van der Waals surface area (Å²) in [5.74, 6) is 1.42. The molecule has 0 saturated heterocycles. The summed E-state index contributed by atoms with van der Waals surface area (Å²) in [6, 6.07) is 5.48. The van der Waals surface area contributed by atoms with Crippen molar-refractivity contribution in [3.63, 3.8) is 0 Å². The molecule has 2 heterocycles. The zero-order valence-electron chi connectivity index (χ0n) is 9.18. The highest BCUT2D eigenvalue weighted by atomic mass is 16.5. The Kier molecular flexibility index (Phi) is 2.36. The highest BCUT2D eigenvalue weighted by molar-refractivity contribution is 5.49. The zero-order chi connectivity index (χ0) is 11.7. The molecule has 5 nitrogen and oxygen atoms in total. The second-order valence-corrected chi connectivity index (χ2v) is 3.82. The van der Waals surface area contributed by atoms with Gasteiger partial charge in [0, 0.05) is 24.9 Å². The minimum atomic E-state index is -0.167. The third-order valence-corrected chi connectivity index (χ3v) is 2.66. The van der Waals surface area contributed by atoms with Crippen molar-refractivity contribution < 1.29 is 9.47 Å². The maximum Gasteiger partial charge on any atom is 0.330 e. The first-order valence-corrected chi connectivity index (χ1v) is 5.51. The molecule has 0 radical (unpaired) electrons. The molecule has 88 valence electrons. The number of aromatic nitrogens is 2. The lowest BCUT2D eigenvalue weighted by atomic mass is 10.2. The third kappa shape index (κ3) is 1.80. The molecule has 1 aliphatic heterocycles. The maximum absolute atomic E-state index is 11.5. The van der Waals surface area contributed by atoms with Gasteiger partial charge in [-0.1, -0.05) is 0 Å². The van der Waals surface area contributed by atoms with Gasteiger partial charge in [0.2, 0.25) is 0 Å². The fraction of sp³-hybridized carbons (Fsp3) is 0.250. The second kappa shape index (κ2) is 4.01. The van der Waals surface area contributed by atoms with Gasteiger partial charge in [0.05, 0.1) is 18.9 Å². The third-order valence-electron chi connectivity index (χ3n) is 2.66. The van der Waals surface area contributed by atoms with Crippen molar-refractivity contribution in [1.29, 1.82) is 0 Å². The van der Waals surface area contributed by atoms with Crippen molar-refractivity contribution in [2.75, 3.05) is 13.2 Å². The van der Waals surface area contributed by atoms with Gasteiger partial charge >= 0.3 is 5.69 Å². The molecular formula is C12H12N2O3. The van der Waals surface area contributed by atoms with Gasteiger partial charge in [0.1, 0.15) is 0 Å². The maximum atomic E-state index is 11.5. The van der Waals surface area contributed by atoms with Crippen LogP contribution in [0.15, 0.2) is 35.4 Å². The van der Waals surface area contributed by atoms with Crippen LogP contribution in [-0.2, 0) is 0 Å². The first kappa shape index (κ1) is 10.0. The molecule has 0 fully saturated rings. The Bertz CT molecular complexity index is 585. The summed E-state index contributed by atoms with van der Waals surface area (Å²) in [6.45, 7) is 1.30. The number of aromatic amines is 1. The van der Waals surface area contributed by atoms with E-state index < -0.39 is 0 Å². The van der Waals surface area contributed by atoms with Gasteiger partial charge < -0.3 is 14.5 Å². The SMILES string of the molecule is O=c1[nH]ccn1-c1ccc2c(c1)OCCCO2. The lowest BCUT2D eigenvalue weighted by Gasteiger charge is -2.09. The average Bonchev–Trinajstić information content (AvgIpc) is 2.64. The summed E-state index contributed by atoms with van der Waals surface area (Å²) >= 11 is 0. The quantitative estimate of drug-likeness (QED) is 0.806. The van der Waals surface area contributed by atoms with E-state index in [1.807, 2.05) is 18.2 Å². The molecule has 3 rings (SSSR count). The van der Waals surface area contributed by atoms with Crippen molar-refractivity contribution in [3.05, 3.63) is 41.1 Å². The van der Waals surface area contributed by atoms with Crippen LogP contribution < -0.4 is 15.2 Å². The normalized spacial score (nSPS) is 14.4. The minimum Gasteiger partial charge on any atom is -0.490 e. The molecule has 17 heavy (non-hydrogen) atoms. The van der Waals surface area contributed by atoms with Crippen LogP contribution in [0.1, 0.15) is 6.42 Å². The lowest BCUT2D eigenvalue weighted by molar-refractivity contribution is 0.297. The molecule has 1 aromatic carbocycles. The highest BCUT2D eigenvalue weighted by Gasteiger charge is 2.11. The number of hydrogen-bond donors (Lipinski definition) is 1. The molecule has 1 aromatic heterocycles. The van der Waals surface area contributed by atoms with Crippen molar-refractivity contribution in [1.82, 2.24) is 9.55 Å². The number of benzene rings is 1. The number of hydrogen-bond acceptors (Lipinski definition) is 3. The molecule has 0 bridgehead atoms. The molecule has 5 heteroatoms. The van der Waals surface area contributed by atoms with Gasteiger partial charge in [-0.15, -0.1) is 0 Å². The summed E-state index contributed by atoms with van der Waals surface area (Å²) in [6.07, 6.45) is 4.15. The smallest absolute Gasteiger partial charge is 0.330 e. The van der Waals surface area contributed by atoms with Crippen molar-refractivity contribution in [3.8, 4) is 17.2 Å². The van der Waals surface area contributed by atoms with E-state index in [9.17, 15) is 4.79 Å². The first-order valence-electron chi connectivity index (χ1n) is 5.51. The molecule has 0 spiro atoms. The molecule has 1 aliphatic rings. The van der Waals surface area contributed by atoms with Gasteiger partial charge in [-0.25, -0.2) is 4.79 Å². The topological polar surface area (TPSA) is 56.2 Å². The van der Waals surface area contributed by atoms with Gasteiger partial charge in [0.25, 0.3) is 0 Å². The number of imidazole rings is 1. The Morgan fingerprint density at radius 1 is 1.18 bits per heavy atom. The van der Waals surface area contributed by atoms with Crippen LogP contribution in [0.25, 0.3) is 5.69 Å². The standard InChI is InChI=1S/C12H12N2O3/c15-12-13-4-5-14(12)9-2-3-10-11(8-9)17-7-1-6-16-10/h2-5,8H,1,6-7H2,(H,13,15). The van der Waals surface area contributed by atoms with Crippen LogP contribution in [0.5, 0.6) is 11.5 Å². The Balaban J connectivity index is 2.06. The summed E-state index contributed by atoms with van der Waals surface area (Å²) < 4.78 is 12.6. The monoisotopic (exact) mass is 232 g/mol. The number of rotatable bonds is 1. The van der Waals surface area contributed by atoms with Crippen molar-refractivity contribution in [2.24, 2.45) is 0 Å². The predicted octanol–water partition coefficient (Wildman–Crippen LogP) is 1.33. The number of nitrogens with one attached hydrogen (secondary N) is 1. The molecule has 2 aromatic rings. The fourth-order valence-electron chi connectivity index (χ4n) is 1.83. The molecular weight excluding hydrogens is 220 g/mol. The Hall–Kier alpha value is -2.17. The number of H-pyrrole nitrogens is 1. The van der Waals surface area contributed by atoms with E-state index in [0.29, 0.717) is 19.0 Å². The molecule has 0 unspecified atom stereocenters. The lowest BCUT2D eigenvalue weighted by Crippen LogP contribution is -2.13. The van der Waals surface area contributed by atoms with Crippen LogP contribution in [0.4, 0.5) is 0 Å². The van der Waals surface area contributed by atoms with Gasteiger partial charge in [0.15, 0.2) is 11.5 Å². The van der Waals surface area contributed by atoms with Gasteiger partial charge in [-0.2, -0.15) is 0 Å². The zero-order valence-corrected chi connectivity index (χ0v) is 9.18. The largest absolute Gasteiger partial charge is 0.490 e. The van der Waals surface area contributed by atoms with E-state index in [2.05, 4.69) is 4.98 Å². The van der Waals surface area contributed by atoms with Crippen molar-refractivity contribution in [2.45, 2.75) is 6.42 Å². The summed E-state index contributed by atoms with van der Waals surface area (Å²) in [4.78, 5) is 14.1. The van der Waals surface area contributed by atoms with Crippen molar-refractivity contribution >= 4 is 0 Å². The first-order chi connectivity index (χ1) is 8.34. The van der Waals surface area contributed by atoms with Crippen LogP contribution in [0.2, 0.25) is 0 Å². The number of nitrogens with zero attached hydrogens (tertiary/aromatic N) is 1. The van der Waals surface area contributed by atoms with E-state index >= 15 is 0 Å². The fourth-order valence-corrected chi connectivity index (χ4v) is 1.83. The Labute approximate surface area is 97.6 Å². The molecule has 0 saturated carbocycles. The summed E-state index contributed by atoms with van der Waals surface area (Å²) in [5, 5.41) is 0. The van der Waals surface area contributed by atoms with Crippen LogP contribution >= 0.6 is 0 Å². The Morgan fingerprint density at radius 3 is 2.76 bits per heavy atom. The predicted molar refractivity (Wildman–Crippen MR) is 62.0 cm³/mol. The summed E-state index contributed by atoms with van der Waals surface area (Å²) in [5.41, 5.74) is 0.597. The number of ether oxygens (including phenoxy) is 2. The second-order valence-electron chi connectivity index (χ2n) is 3.82. The average molecular weight is 232 g/mol. The van der Waals surface area contributed by atoms with Crippen LogP contribution in [0, 0.1) is 0 Å². The number of fused-ring (bicyclic) bond motifs is 1. The van der Waals surface area contributed by atoms with Crippen LogP contribution in [0.3, 0.4) is 0 Å². The summed E-state index contributed by atoms with van der Waals surface area (Å²) in [7, 11) is 0. The Morgan fingerprint density at radius 2 is 2.00 bits per heavy atom. The molecule has 0 amide bonds. The van der Waals surface area contributed by atoms with E-state index in [1.165, 1.54) is 4.57 Å². The van der Waals surface area contributed by atoms with E-state index in [0.717, 1.165) is 17.9 Å². The van der Waals surface area contributed by atoms with E-state index in [1.54, 1.807) is 12.4 Å². The molecule has 1 N–H and O–H groups in total. The molecule has 0 aliphatic carbocycles. The molecule has 0 atom stereocenters. The van der Waals surface area contributed by atoms with E-state index in [4.69, 9.17) is 9.47 Å². The van der Waals surface area contributed by atoms with Gasteiger partial charge in [-0.05, 0) is 12.1 Å². The highest BCUT2D eigenvalue weighted by Crippen LogP contribution is 2.31. The van der Waals surface area contributed by atoms with Gasteiger partial charge in [-0.3, -0.25) is 4.57 Å².